The number of fused-ring (bicyclic) bond motifs is 1. The largest absolute Gasteiger partial charge is 0.490 e. The molecule has 0 spiro atoms. The highest BCUT2D eigenvalue weighted by Gasteiger charge is 2.27. The van der Waals surface area contributed by atoms with Crippen LogP contribution in [-0.4, -0.2) is 49.9 Å². The van der Waals surface area contributed by atoms with E-state index in [9.17, 15) is 14.4 Å². The number of hydrazone groups is 1. The van der Waals surface area contributed by atoms with Crippen LogP contribution in [0.1, 0.15) is 96.5 Å². The van der Waals surface area contributed by atoms with Crippen LogP contribution in [0.2, 0.25) is 0 Å². The molecule has 11 heteroatoms. The molecule has 0 fully saturated rings. The lowest BCUT2D eigenvalue weighted by molar-refractivity contribution is -0.127. The maximum atomic E-state index is 13.1. The Morgan fingerprint density at radius 3 is 2.48 bits per heavy atom. The van der Waals surface area contributed by atoms with E-state index >= 15 is 0 Å². The van der Waals surface area contributed by atoms with E-state index < -0.39 is 18.0 Å². The summed E-state index contributed by atoms with van der Waals surface area (Å²) in [5.41, 5.74) is 5.08. The van der Waals surface area contributed by atoms with Crippen molar-refractivity contribution >= 4 is 40.3 Å². The topological polar surface area (TPSA) is 125 Å². The van der Waals surface area contributed by atoms with E-state index in [-0.39, 0.29) is 12.5 Å². The highest BCUT2D eigenvalue weighted by molar-refractivity contribution is 7.17. The van der Waals surface area contributed by atoms with Crippen LogP contribution in [0.15, 0.2) is 47.6 Å². The summed E-state index contributed by atoms with van der Waals surface area (Å²) in [7, 11) is 0. The first-order valence-electron chi connectivity index (χ1n) is 16.0. The minimum Gasteiger partial charge on any atom is -0.490 e. The van der Waals surface area contributed by atoms with Crippen LogP contribution in [0.25, 0.3) is 0 Å². The molecular weight excluding hydrogens is 606 g/mol. The molecule has 1 atom stereocenters. The summed E-state index contributed by atoms with van der Waals surface area (Å²) < 4.78 is 22.6. The fraction of sp³-hybridized carbons (Fsp3) is 0.429. The molecule has 1 aliphatic rings. The zero-order valence-electron chi connectivity index (χ0n) is 27.0. The molecule has 2 aromatic carbocycles. The van der Waals surface area contributed by atoms with Crippen molar-refractivity contribution in [2.45, 2.75) is 78.7 Å². The van der Waals surface area contributed by atoms with E-state index in [4.69, 9.17) is 18.9 Å². The zero-order valence-corrected chi connectivity index (χ0v) is 27.8. The SMILES string of the molecule is CCCCCOc1ccc(/C=N\NC(=O)[C@@H](C)Oc2ccc(C(=O)Nc3sc4c(c3C(=O)OCC)CCCC4)cc2)cc1OCC. The van der Waals surface area contributed by atoms with Gasteiger partial charge in [0.15, 0.2) is 17.6 Å². The minimum atomic E-state index is -0.848. The quantitative estimate of drug-likeness (QED) is 0.0745. The van der Waals surface area contributed by atoms with Crippen molar-refractivity contribution in [1.82, 2.24) is 5.43 Å². The van der Waals surface area contributed by atoms with Crippen molar-refractivity contribution in [2.24, 2.45) is 5.10 Å². The molecule has 1 aliphatic carbocycles. The highest BCUT2D eigenvalue weighted by Crippen LogP contribution is 2.39. The lowest BCUT2D eigenvalue weighted by atomic mass is 9.95. The van der Waals surface area contributed by atoms with Crippen LogP contribution in [0.3, 0.4) is 0 Å². The molecule has 46 heavy (non-hydrogen) atoms. The number of carbonyl (C=O) groups excluding carboxylic acids is 3. The second kappa shape index (κ2) is 17.4. The van der Waals surface area contributed by atoms with Crippen molar-refractivity contribution in [1.29, 1.82) is 0 Å². The standard InChI is InChI=1S/C35H43N3O7S/c1-5-8-11-20-44-28-19-14-24(21-29(28)42-6-2)22-36-38-32(39)23(4)45-26-17-15-25(16-18-26)33(40)37-34-31(35(41)43-7-3)27-12-9-10-13-30(27)46-34/h14-19,21-23H,5-13,20H2,1-4H3,(H,37,40)(H,38,39)/b36-22-/t23-/m1/s1. The number of nitrogens with zero attached hydrogens (tertiary/aromatic N) is 1. The lowest BCUT2D eigenvalue weighted by Crippen LogP contribution is -2.33. The molecule has 2 amide bonds. The Morgan fingerprint density at radius 2 is 1.74 bits per heavy atom. The highest BCUT2D eigenvalue weighted by atomic mass is 32.1. The number of aryl methyl sites for hydroxylation is 1. The molecule has 0 saturated heterocycles. The zero-order chi connectivity index (χ0) is 32.9. The van der Waals surface area contributed by atoms with Crippen molar-refractivity contribution < 1.29 is 33.3 Å². The van der Waals surface area contributed by atoms with Gasteiger partial charge in [-0.2, -0.15) is 5.10 Å². The summed E-state index contributed by atoms with van der Waals surface area (Å²) in [6.45, 7) is 8.81. The normalized spacial score (nSPS) is 13.0. The predicted molar refractivity (Wildman–Crippen MR) is 180 cm³/mol. The molecule has 2 N–H and O–H groups in total. The number of hydrogen-bond donors (Lipinski definition) is 2. The molecule has 0 bridgehead atoms. The third kappa shape index (κ3) is 9.32. The smallest absolute Gasteiger partial charge is 0.341 e. The van der Waals surface area contributed by atoms with Gasteiger partial charge in [0.2, 0.25) is 0 Å². The van der Waals surface area contributed by atoms with Crippen molar-refractivity contribution in [2.75, 3.05) is 25.1 Å². The van der Waals surface area contributed by atoms with Crippen LogP contribution in [-0.2, 0) is 22.4 Å². The van der Waals surface area contributed by atoms with Gasteiger partial charge < -0.3 is 24.3 Å². The molecular formula is C35H43N3O7S. The van der Waals surface area contributed by atoms with E-state index in [0.717, 1.165) is 60.9 Å². The Labute approximate surface area is 274 Å². The molecule has 4 rings (SSSR count). The third-order valence-corrected chi connectivity index (χ3v) is 8.55. The first kappa shape index (κ1) is 34.5. The summed E-state index contributed by atoms with van der Waals surface area (Å²) in [4.78, 5) is 39.6. The lowest BCUT2D eigenvalue weighted by Gasteiger charge is -2.14. The van der Waals surface area contributed by atoms with Gasteiger partial charge >= 0.3 is 5.97 Å². The molecule has 10 nitrogen and oxygen atoms in total. The maximum absolute atomic E-state index is 13.1. The van der Waals surface area contributed by atoms with Gasteiger partial charge in [-0.05, 0) is 106 Å². The monoisotopic (exact) mass is 649 g/mol. The van der Waals surface area contributed by atoms with Crippen molar-refractivity contribution in [3.63, 3.8) is 0 Å². The Morgan fingerprint density at radius 1 is 0.957 bits per heavy atom. The number of rotatable bonds is 16. The van der Waals surface area contributed by atoms with Gasteiger partial charge in [-0.25, -0.2) is 10.2 Å². The van der Waals surface area contributed by atoms with E-state index in [2.05, 4.69) is 22.8 Å². The first-order valence-corrected chi connectivity index (χ1v) is 16.8. The van der Waals surface area contributed by atoms with Gasteiger partial charge in [0.25, 0.3) is 11.8 Å². The van der Waals surface area contributed by atoms with Crippen LogP contribution in [0.4, 0.5) is 5.00 Å². The molecule has 246 valence electrons. The fourth-order valence-corrected chi connectivity index (χ4v) is 6.25. The Hall–Kier alpha value is -4.38. The Bertz CT molecular complexity index is 1520. The van der Waals surface area contributed by atoms with E-state index in [0.29, 0.717) is 46.6 Å². The summed E-state index contributed by atoms with van der Waals surface area (Å²) >= 11 is 1.44. The van der Waals surface area contributed by atoms with Gasteiger partial charge in [-0.15, -0.1) is 11.3 Å². The van der Waals surface area contributed by atoms with Crippen LogP contribution in [0.5, 0.6) is 17.2 Å². The molecule has 0 radical (unpaired) electrons. The number of thiophene rings is 1. The molecule has 0 saturated carbocycles. The van der Waals surface area contributed by atoms with Gasteiger partial charge in [0.1, 0.15) is 10.8 Å². The molecule has 3 aromatic rings. The molecule has 1 aromatic heterocycles. The van der Waals surface area contributed by atoms with Gasteiger partial charge in [-0.1, -0.05) is 19.8 Å². The number of esters is 1. The van der Waals surface area contributed by atoms with Gasteiger partial charge in [0, 0.05) is 10.4 Å². The maximum Gasteiger partial charge on any atom is 0.341 e. The van der Waals surface area contributed by atoms with Gasteiger partial charge in [-0.3, -0.25) is 9.59 Å². The van der Waals surface area contributed by atoms with Crippen LogP contribution in [0, 0.1) is 0 Å². The number of benzene rings is 2. The molecule has 0 unspecified atom stereocenters. The third-order valence-electron chi connectivity index (χ3n) is 7.34. The Kier molecular flexibility index (Phi) is 13.0. The number of ether oxygens (including phenoxy) is 4. The number of carbonyl (C=O) groups is 3. The fourth-order valence-electron chi connectivity index (χ4n) is 4.98. The number of amides is 2. The first-order chi connectivity index (χ1) is 22.3. The number of unbranched alkanes of at least 4 members (excludes halogenated alkanes) is 2. The number of nitrogens with one attached hydrogen (secondary N) is 2. The van der Waals surface area contributed by atoms with Crippen molar-refractivity contribution in [3.8, 4) is 17.2 Å². The summed E-state index contributed by atoms with van der Waals surface area (Å²) in [5.74, 6) is 0.520. The second-order valence-corrected chi connectivity index (χ2v) is 11.9. The number of anilines is 1. The summed E-state index contributed by atoms with van der Waals surface area (Å²) in [5, 5.41) is 7.49. The van der Waals surface area contributed by atoms with Crippen molar-refractivity contribution in [3.05, 3.63) is 69.6 Å². The van der Waals surface area contributed by atoms with E-state index in [1.54, 1.807) is 38.1 Å². The van der Waals surface area contributed by atoms with Gasteiger partial charge in [0.05, 0.1) is 31.6 Å². The van der Waals surface area contributed by atoms with E-state index in [1.807, 2.05) is 25.1 Å². The number of hydrogen-bond acceptors (Lipinski definition) is 9. The summed E-state index contributed by atoms with van der Waals surface area (Å²) in [6, 6.07) is 12.0. The van der Waals surface area contributed by atoms with Crippen LogP contribution >= 0.6 is 11.3 Å². The minimum absolute atomic E-state index is 0.263. The molecule has 1 heterocycles. The molecule has 0 aliphatic heterocycles. The Balaban J connectivity index is 1.31. The summed E-state index contributed by atoms with van der Waals surface area (Å²) in [6.07, 6.45) is 7.65. The van der Waals surface area contributed by atoms with E-state index in [1.165, 1.54) is 17.6 Å². The average molecular weight is 650 g/mol. The average Bonchev–Trinajstić information content (AvgIpc) is 3.42. The predicted octanol–water partition coefficient (Wildman–Crippen LogP) is 6.94. The van der Waals surface area contributed by atoms with Crippen LogP contribution < -0.4 is 25.0 Å². The second-order valence-electron chi connectivity index (χ2n) is 10.8.